The van der Waals surface area contributed by atoms with Gasteiger partial charge in [0.25, 0.3) is 5.91 Å². The minimum absolute atomic E-state index is 0.0102. The SMILES string of the molecule is CN(C[C@H]1CCCN2CCCC[C@@H]12)C(=O)c1cc(-c2ccc(Br)s2)[nH]n1. The average Bonchev–Trinajstić information content (AvgIpc) is 3.30. The lowest BCUT2D eigenvalue weighted by molar-refractivity contribution is 0.0401. The molecule has 0 spiro atoms. The van der Waals surface area contributed by atoms with Crippen LogP contribution < -0.4 is 0 Å². The first-order chi connectivity index (χ1) is 12.6. The fraction of sp³-hybridized carbons (Fsp3) is 0.579. The van der Waals surface area contributed by atoms with E-state index < -0.39 is 0 Å². The van der Waals surface area contributed by atoms with E-state index in [1.165, 1.54) is 45.2 Å². The minimum atomic E-state index is 0.0102. The van der Waals surface area contributed by atoms with Crippen LogP contribution in [0.2, 0.25) is 0 Å². The van der Waals surface area contributed by atoms with Gasteiger partial charge in [-0.3, -0.25) is 9.89 Å². The molecular formula is C19H25BrN4OS. The van der Waals surface area contributed by atoms with Crippen molar-refractivity contribution in [2.75, 3.05) is 26.7 Å². The van der Waals surface area contributed by atoms with Crippen LogP contribution in [0.25, 0.3) is 10.6 Å². The molecule has 0 aromatic carbocycles. The first-order valence-electron chi connectivity index (χ1n) is 9.42. The molecule has 140 valence electrons. The van der Waals surface area contributed by atoms with Gasteiger partial charge in [-0.25, -0.2) is 0 Å². The Morgan fingerprint density at radius 3 is 3.00 bits per heavy atom. The molecule has 2 aliphatic rings. The van der Waals surface area contributed by atoms with Gasteiger partial charge in [-0.1, -0.05) is 6.42 Å². The molecule has 2 aromatic heterocycles. The summed E-state index contributed by atoms with van der Waals surface area (Å²) < 4.78 is 1.07. The zero-order valence-corrected chi connectivity index (χ0v) is 17.5. The highest BCUT2D eigenvalue weighted by Gasteiger charge is 2.34. The van der Waals surface area contributed by atoms with Gasteiger partial charge < -0.3 is 9.80 Å². The number of halogens is 1. The maximum absolute atomic E-state index is 12.9. The van der Waals surface area contributed by atoms with E-state index in [9.17, 15) is 4.79 Å². The zero-order chi connectivity index (χ0) is 18.1. The highest BCUT2D eigenvalue weighted by Crippen LogP contribution is 2.32. The summed E-state index contributed by atoms with van der Waals surface area (Å²) in [4.78, 5) is 18.5. The molecule has 4 heterocycles. The normalized spacial score (nSPS) is 23.6. The third kappa shape index (κ3) is 3.75. The van der Waals surface area contributed by atoms with Crippen LogP contribution in [0.1, 0.15) is 42.6 Å². The predicted molar refractivity (Wildman–Crippen MR) is 108 cm³/mol. The second-order valence-electron chi connectivity index (χ2n) is 7.46. The van der Waals surface area contributed by atoms with Crippen molar-refractivity contribution < 1.29 is 4.79 Å². The van der Waals surface area contributed by atoms with Crippen molar-refractivity contribution in [3.63, 3.8) is 0 Å². The number of aromatic nitrogens is 2. The summed E-state index contributed by atoms with van der Waals surface area (Å²) in [7, 11) is 1.92. The van der Waals surface area contributed by atoms with E-state index in [1.54, 1.807) is 11.3 Å². The van der Waals surface area contributed by atoms with Crippen molar-refractivity contribution in [3.8, 4) is 10.6 Å². The smallest absolute Gasteiger partial charge is 0.274 e. The van der Waals surface area contributed by atoms with Gasteiger partial charge in [-0.15, -0.1) is 11.3 Å². The van der Waals surface area contributed by atoms with Crippen molar-refractivity contribution in [1.82, 2.24) is 20.0 Å². The molecule has 1 N–H and O–H groups in total. The van der Waals surface area contributed by atoms with Crippen molar-refractivity contribution in [1.29, 1.82) is 0 Å². The third-order valence-corrected chi connectivity index (χ3v) is 7.38. The molecule has 7 heteroatoms. The Balaban J connectivity index is 1.42. The molecular weight excluding hydrogens is 412 g/mol. The van der Waals surface area contributed by atoms with Crippen LogP contribution in [0.4, 0.5) is 0 Å². The van der Waals surface area contributed by atoms with Gasteiger partial charge in [0.1, 0.15) is 0 Å². The molecule has 0 radical (unpaired) electrons. The van der Waals surface area contributed by atoms with Crippen LogP contribution in [-0.2, 0) is 0 Å². The van der Waals surface area contributed by atoms with E-state index in [0.29, 0.717) is 17.7 Å². The van der Waals surface area contributed by atoms with Crippen LogP contribution in [0.5, 0.6) is 0 Å². The Hall–Kier alpha value is -1.18. The van der Waals surface area contributed by atoms with E-state index >= 15 is 0 Å². The molecule has 26 heavy (non-hydrogen) atoms. The summed E-state index contributed by atoms with van der Waals surface area (Å²) in [6.07, 6.45) is 6.42. The summed E-state index contributed by atoms with van der Waals surface area (Å²) in [6, 6.07) is 6.56. The van der Waals surface area contributed by atoms with Gasteiger partial charge in [0, 0.05) is 19.6 Å². The number of thiophene rings is 1. The van der Waals surface area contributed by atoms with Gasteiger partial charge in [0.15, 0.2) is 5.69 Å². The number of amides is 1. The number of piperidine rings is 2. The Kier molecular flexibility index (Phi) is 5.47. The molecule has 1 amide bonds. The van der Waals surface area contributed by atoms with E-state index in [0.717, 1.165) is 20.9 Å². The maximum atomic E-state index is 12.9. The quantitative estimate of drug-likeness (QED) is 0.779. The lowest BCUT2D eigenvalue weighted by Gasteiger charge is -2.45. The number of hydrogen-bond donors (Lipinski definition) is 1. The number of carbonyl (C=O) groups excluding carboxylic acids is 1. The highest BCUT2D eigenvalue weighted by atomic mass is 79.9. The molecule has 0 bridgehead atoms. The molecule has 2 fully saturated rings. The number of H-pyrrole nitrogens is 1. The summed E-state index contributed by atoms with van der Waals surface area (Å²) >= 11 is 5.11. The Morgan fingerprint density at radius 2 is 2.19 bits per heavy atom. The molecule has 4 rings (SSSR count). The molecule has 2 atom stereocenters. The van der Waals surface area contributed by atoms with E-state index in [1.807, 2.05) is 30.1 Å². The molecule has 0 saturated carbocycles. The lowest BCUT2D eigenvalue weighted by Crippen LogP contribution is -2.51. The summed E-state index contributed by atoms with van der Waals surface area (Å²) in [6.45, 7) is 3.29. The van der Waals surface area contributed by atoms with E-state index in [-0.39, 0.29) is 5.91 Å². The van der Waals surface area contributed by atoms with E-state index in [4.69, 9.17) is 0 Å². The highest BCUT2D eigenvalue weighted by molar-refractivity contribution is 9.11. The molecule has 2 aliphatic heterocycles. The number of carbonyl (C=O) groups is 1. The molecule has 2 aromatic rings. The van der Waals surface area contributed by atoms with Crippen LogP contribution in [0, 0.1) is 5.92 Å². The number of fused-ring (bicyclic) bond motifs is 1. The van der Waals surface area contributed by atoms with Crippen LogP contribution in [0.3, 0.4) is 0 Å². The van der Waals surface area contributed by atoms with Gasteiger partial charge >= 0.3 is 0 Å². The number of hydrogen-bond acceptors (Lipinski definition) is 4. The van der Waals surface area contributed by atoms with Crippen LogP contribution in [-0.4, -0.2) is 58.6 Å². The van der Waals surface area contributed by atoms with Gasteiger partial charge in [-0.2, -0.15) is 5.10 Å². The second kappa shape index (κ2) is 7.82. The molecule has 0 unspecified atom stereocenters. The zero-order valence-electron chi connectivity index (χ0n) is 15.1. The summed E-state index contributed by atoms with van der Waals surface area (Å²) in [5.74, 6) is 0.598. The molecule has 5 nitrogen and oxygen atoms in total. The van der Waals surface area contributed by atoms with Gasteiger partial charge in [0.2, 0.25) is 0 Å². The Morgan fingerprint density at radius 1 is 1.35 bits per heavy atom. The Bertz CT molecular complexity index is 771. The van der Waals surface area contributed by atoms with Gasteiger partial charge in [0.05, 0.1) is 14.4 Å². The number of rotatable bonds is 4. The fourth-order valence-electron chi connectivity index (χ4n) is 4.44. The van der Waals surface area contributed by atoms with Crippen molar-refractivity contribution in [2.24, 2.45) is 5.92 Å². The van der Waals surface area contributed by atoms with Crippen LogP contribution >= 0.6 is 27.3 Å². The monoisotopic (exact) mass is 436 g/mol. The summed E-state index contributed by atoms with van der Waals surface area (Å²) in [5.41, 5.74) is 1.40. The van der Waals surface area contributed by atoms with Crippen LogP contribution in [0.15, 0.2) is 22.0 Å². The lowest BCUT2D eigenvalue weighted by atomic mass is 9.83. The largest absolute Gasteiger partial charge is 0.340 e. The molecule has 2 saturated heterocycles. The number of aromatic amines is 1. The maximum Gasteiger partial charge on any atom is 0.274 e. The van der Waals surface area contributed by atoms with Crippen molar-refractivity contribution >= 4 is 33.2 Å². The number of nitrogens with one attached hydrogen (secondary N) is 1. The van der Waals surface area contributed by atoms with Gasteiger partial charge in [-0.05, 0) is 78.8 Å². The first kappa shape index (κ1) is 18.2. The van der Waals surface area contributed by atoms with Crippen molar-refractivity contribution in [3.05, 3.63) is 27.7 Å². The second-order valence-corrected chi connectivity index (χ2v) is 9.92. The van der Waals surface area contributed by atoms with E-state index in [2.05, 4.69) is 31.0 Å². The standard InChI is InChI=1S/C19H25BrN4OS/c1-23(12-13-5-4-10-24-9-3-2-6-16(13)24)19(25)15-11-14(21-22-15)17-7-8-18(20)26-17/h7-8,11,13,16H,2-6,9-10,12H2,1H3,(H,21,22)/t13-,16+/m1/s1. The summed E-state index contributed by atoms with van der Waals surface area (Å²) in [5, 5.41) is 7.27. The van der Waals surface area contributed by atoms with Crippen molar-refractivity contribution in [2.45, 2.75) is 38.1 Å². The first-order valence-corrected chi connectivity index (χ1v) is 11.0. The Labute approximate surface area is 166 Å². The fourth-order valence-corrected chi connectivity index (χ4v) is 5.79. The third-order valence-electron chi connectivity index (χ3n) is 5.72. The minimum Gasteiger partial charge on any atom is -0.340 e. The molecule has 0 aliphatic carbocycles. The number of nitrogens with zero attached hydrogens (tertiary/aromatic N) is 3. The average molecular weight is 437 g/mol. The predicted octanol–water partition coefficient (Wildman–Crippen LogP) is 4.24. The topological polar surface area (TPSA) is 52.2 Å².